The van der Waals surface area contributed by atoms with Gasteiger partial charge in [-0.15, -0.1) is 0 Å². The fourth-order valence-corrected chi connectivity index (χ4v) is 3.59. The summed E-state index contributed by atoms with van der Waals surface area (Å²) in [6.07, 6.45) is 1.75. The number of hydrogen-bond donors (Lipinski definition) is 0. The average Bonchev–Trinajstić information content (AvgIpc) is 2.84. The molecule has 0 N–H and O–H groups in total. The van der Waals surface area contributed by atoms with Gasteiger partial charge in [-0.2, -0.15) is 0 Å². The van der Waals surface area contributed by atoms with Gasteiger partial charge in [0.25, 0.3) is 11.1 Å². The van der Waals surface area contributed by atoms with Gasteiger partial charge in [0.05, 0.1) is 11.4 Å². The van der Waals surface area contributed by atoms with E-state index in [2.05, 4.69) is 22.6 Å². The van der Waals surface area contributed by atoms with Gasteiger partial charge in [-0.3, -0.25) is 14.5 Å². The maximum absolute atomic E-state index is 12.4. The monoisotopic (exact) mass is 465 g/mol. The minimum Gasteiger partial charge on any atom is -0.492 e. The maximum atomic E-state index is 12.4. The quantitative estimate of drug-likeness (QED) is 0.474. The summed E-state index contributed by atoms with van der Waals surface area (Å²) in [5, 5.41) is -0.255. The minimum absolute atomic E-state index is 0.239. The number of ether oxygens (including phenoxy) is 1. The Kier molecular flexibility index (Phi) is 5.80. The number of aryl methyl sites for hydroxylation is 1. The lowest BCUT2D eigenvalue weighted by atomic mass is 10.2. The van der Waals surface area contributed by atoms with E-state index >= 15 is 0 Å². The van der Waals surface area contributed by atoms with Crippen molar-refractivity contribution in [3.8, 4) is 5.75 Å². The van der Waals surface area contributed by atoms with Crippen LogP contribution in [-0.4, -0.2) is 29.2 Å². The first-order chi connectivity index (χ1) is 12.0. The number of nitrogens with zero attached hydrogens (tertiary/aromatic N) is 1. The second kappa shape index (κ2) is 8.05. The number of imide groups is 1. The third-order valence-corrected chi connectivity index (χ3v) is 5.24. The number of carbonyl (C=O) groups is 2. The Morgan fingerprint density at radius 3 is 2.64 bits per heavy atom. The van der Waals surface area contributed by atoms with Crippen molar-refractivity contribution in [2.45, 2.75) is 6.92 Å². The van der Waals surface area contributed by atoms with Crippen LogP contribution in [0.25, 0.3) is 6.08 Å². The van der Waals surface area contributed by atoms with E-state index in [-0.39, 0.29) is 24.3 Å². The molecular weight excluding hydrogens is 449 g/mol. The van der Waals surface area contributed by atoms with Crippen molar-refractivity contribution in [3.05, 3.63) is 68.1 Å². The molecule has 1 fully saturated rings. The van der Waals surface area contributed by atoms with Crippen molar-refractivity contribution in [1.29, 1.82) is 0 Å². The fraction of sp³-hybridized carbons (Fsp3) is 0.158. The minimum atomic E-state index is -0.263. The van der Waals surface area contributed by atoms with Crippen molar-refractivity contribution in [2.75, 3.05) is 13.2 Å². The van der Waals surface area contributed by atoms with Gasteiger partial charge in [-0.1, -0.05) is 24.3 Å². The van der Waals surface area contributed by atoms with Gasteiger partial charge < -0.3 is 4.74 Å². The second-order valence-corrected chi connectivity index (χ2v) is 7.79. The molecule has 6 heteroatoms. The van der Waals surface area contributed by atoms with Crippen LogP contribution in [0, 0.1) is 10.5 Å². The van der Waals surface area contributed by atoms with E-state index in [0.717, 1.165) is 32.2 Å². The van der Waals surface area contributed by atoms with E-state index in [1.807, 2.05) is 55.5 Å². The standard InChI is InChI=1S/C19H16INO3S/c1-13-3-2-4-16(11-13)24-10-9-21-18(22)17(25-19(21)23)12-14-5-7-15(20)8-6-14/h2-8,11-12H,9-10H2,1H3/b17-12-. The van der Waals surface area contributed by atoms with Gasteiger partial charge in [0, 0.05) is 3.57 Å². The Hall–Kier alpha value is -1.80. The van der Waals surface area contributed by atoms with E-state index in [1.165, 1.54) is 4.90 Å². The summed E-state index contributed by atoms with van der Waals surface area (Å²) in [5.41, 5.74) is 2.01. The van der Waals surface area contributed by atoms with Gasteiger partial charge in [-0.05, 0) is 82.7 Å². The Balaban J connectivity index is 1.62. The van der Waals surface area contributed by atoms with E-state index in [4.69, 9.17) is 4.74 Å². The highest BCUT2D eigenvalue weighted by molar-refractivity contribution is 14.1. The van der Waals surface area contributed by atoms with Gasteiger partial charge in [0.1, 0.15) is 12.4 Å². The summed E-state index contributed by atoms with van der Waals surface area (Å²) in [4.78, 5) is 26.2. The Labute approximate surface area is 164 Å². The lowest BCUT2D eigenvalue weighted by Gasteiger charge is -2.13. The molecule has 1 aliphatic rings. The topological polar surface area (TPSA) is 46.6 Å². The molecule has 4 nitrogen and oxygen atoms in total. The highest BCUT2D eigenvalue weighted by Crippen LogP contribution is 2.32. The Morgan fingerprint density at radius 1 is 1.16 bits per heavy atom. The first-order valence-electron chi connectivity index (χ1n) is 7.73. The summed E-state index contributed by atoms with van der Waals surface area (Å²) >= 11 is 3.20. The average molecular weight is 465 g/mol. The number of halogens is 1. The fourth-order valence-electron chi connectivity index (χ4n) is 2.36. The zero-order valence-electron chi connectivity index (χ0n) is 13.6. The molecule has 1 heterocycles. The molecule has 1 saturated heterocycles. The molecule has 2 aromatic carbocycles. The lowest BCUT2D eigenvalue weighted by molar-refractivity contribution is -0.123. The van der Waals surface area contributed by atoms with Gasteiger partial charge in [0.15, 0.2) is 0 Å². The lowest BCUT2D eigenvalue weighted by Crippen LogP contribution is -2.32. The molecule has 3 rings (SSSR count). The molecule has 0 aromatic heterocycles. The molecule has 1 aliphatic heterocycles. The molecule has 0 atom stereocenters. The largest absolute Gasteiger partial charge is 0.492 e. The van der Waals surface area contributed by atoms with Gasteiger partial charge in [-0.25, -0.2) is 0 Å². The second-order valence-electron chi connectivity index (χ2n) is 5.55. The van der Waals surface area contributed by atoms with Crippen LogP contribution in [0.1, 0.15) is 11.1 Å². The number of benzene rings is 2. The smallest absolute Gasteiger partial charge is 0.293 e. The molecular formula is C19H16INO3S. The van der Waals surface area contributed by atoms with Crippen LogP contribution < -0.4 is 4.74 Å². The van der Waals surface area contributed by atoms with Crippen LogP contribution in [0.4, 0.5) is 4.79 Å². The molecule has 0 radical (unpaired) electrons. The normalized spacial score (nSPS) is 15.9. The van der Waals surface area contributed by atoms with Crippen molar-refractivity contribution in [2.24, 2.45) is 0 Å². The molecule has 2 aromatic rings. The number of amides is 2. The third kappa shape index (κ3) is 4.64. The van der Waals surface area contributed by atoms with Gasteiger partial charge in [0.2, 0.25) is 0 Å². The molecule has 0 bridgehead atoms. The predicted octanol–water partition coefficient (Wildman–Crippen LogP) is 4.71. The van der Waals surface area contributed by atoms with Crippen molar-refractivity contribution < 1.29 is 14.3 Å². The van der Waals surface area contributed by atoms with Crippen molar-refractivity contribution in [1.82, 2.24) is 4.90 Å². The maximum Gasteiger partial charge on any atom is 0.293 e. The van der Waals surface area contributed by atoms with E-state index in [0.29, 0.717) is 4.91 Å². The van der Waals surface area contributed by atoms with Crippen LogP contribution in [0.15, 0.2) is 53.4 Å². The van der Waals surface area contributed by atoms with E-state index in [9.17, 15) is 9.59 Å². The predicted molar refractivity (Wildman–Crippen MR) is 109 cm³/mol. The van der Waals surface area contributed by atoms with Crippen LogP contribution in [0.3, 0.4) is 0 Å². The molecule has 0 aliphatic carbocycles. The Morgan fingerprint density at radius 2 is 1.92 bits per heavy atom. The van der Waals surface area contributed by atoms with Crippen molar-refractivity contribution in [3.63, 3.8) is 0 Å². The Bertz CT molecular complexity index is 833. The van der Waals surface area contributed by atoms with E-state index < -0.39 is 0 Å². The molecule has 0 saturated carbocycles. The molecule has 2 amide bonds. The van der Waals surface area contributed by atoms with Crippen LogP contribution in [0.2, 0.25) is 0 Å². The highest BCUT2D eigenvalue weighted by Gasteiger charge is 2.34. The molecule has 128 valence electrons. The van der Waals surface area contributed by atoms with Crippen LogP contribution in [0.5, 0.6) is 5.75 Å². The zero-order chi connectivity index (χ0) is 17.8. The highest BCUT2D eigenvalue weighted by atomic mass is 127. The van der Waals surface area contributed by atoms with E-state index in [1.54, 1.807) is 6.08 Å². The third-order valence-electron chi connectivity index (χ3n) is 3.61. The molecule has 25 heavy (non-hydrogen) atoms. The number of thioether (sulfide) groups is 1. The molecule has 0 unspecified atom stereocenters. The molecule has 0 spiro atoms. The summed E-state index contributed by atoms with van der Waals surface area (Å²) in [7, 11) is 0. The summed E-state index contributed by atoms with van der Waals surface area (Å²) in [6, 6.07) is 15.5. The first-order valence-corrected chi connectivity index (χ1v) is 9.63. The van der Waals surface area contributed by atoms with Crippen LogP contribution >= 0.6 is 34.4 Å². The number of carbonyl (C=O) groups excluding carboxylic acids is 2. The number of hydrogen-bond acceptors (Lipinski definition) is 4. The summed E-state index contributed by atoms with van der Waals surface area (Å²) in [6.45, 7) is 2.50. The SMILES string of the molecule is Cc1cccc(OCCN2C(=O)S/C(=C\c3ccc(I)cc3)C2=O)c1. The first kappa shape index (κ1) is 18.0. The number of rotatable bonds is 5. The van der Waals surface area contributed by atoms with Crippen LogP contribution in [-0.2, 0) is 4.79 Å². The van der Waals surface area contributed by atoms with Gasteiger partial charge >= 0.3 is 0 Å². The zero-order valence-corrected chi connectivity index (χ0v) is 16.5. The van der Waals surface area contributed by atoms with Crippen molar-refractivity contribution >= 4 is 51.6 Å². The summed E-state index contributed by atoms with van der Waals surface area (Å²) < 4.78 is 6.76. The summed E-state index contributed by atoms with van der Waals surface area (Å²) in [5.74, 6) is 0.475.